The van der Waals surface area contributed by atoms with Gasteiger partial charge >= 0.3 is 0 Å². The van der Waals surface area contributed by atoms with E-state index >= 15 is 0 Å². The topological polar surface area (TPSA) is 15.3 Å². The van der Waals surface area contributed by atoms with Crippen molar-refractivity contribution in [3.8, 4) is 0 Å². The normalized spacial score (nSPS) is 16.0. The quantitative estimate of drug-likeness (QED) is 0.747. The lowest BCUT2D eigenvalue weighted by Crippen LogP contribution is -2.59. The Hall–Kier alpha value is -0.450. The maximum Gasteiger partial charge on any atom is 0.127 e. The highest BCUT2D eigenvalue weighted by molar-refractivity contribution is 9.10. The van der Waals surface area contributed by atoms with Crippen LogP contribution in [0.3, 0.4) is 0 Å². The lowest BCUT2D eigenvalue weighted by atomic mass is 9.83. The van der Waals surface area contributed by atoms with Gasteiger partial charge in [0.1, 0.15) is 5.82 Å². The summed E-state index contributed by atoms with van der Waals surface area (Å²) in [6.07, 6.45) is 1.72. The van der Waals surface area contributed by atoms with Gasteiger partial charge in [0.2, 0.25) is 0 Å². The number of halogens is 2. The first kappa shape index (κ1) is 18.6. The number of hydrogen-bond acceptors (Lipinski definition) is 2. The fourth-order valence-corrected chi connectivity index (χ4v) is 3.51. The van der Waals surface area contributed by atoms with Crippen LogP contribution in [0.5, 0.6) is 0 Å². The van der Waals surface area contributed by atoms with Crippen molar-refractivity contribution in [2.75, 3.05) is 20.1 Å². The van der Waals surface area contributed by atoms with Gasteiger partial charge in [-0.3, -0.25) is 4.90 Å². The standard InChI is InChI=1S/C17H28BrFN2/c1-6-17(4,21(7-2)8-3)16(20-5)11-13-9-10-14(18)12-15(13)19/h9-10,12,16,20H,6-8,11H2,1-5H3. The highest BCUT2D eigenvalue weighted by Gasteiger charge is 2.36. The molecule has 1 rings (SSSR count). The zero-order chi connectivity index (χ0) is 16.0. The van der Waals surface area contributed by atoms with Crippen LogP contribution in [-0.4, -0.2) is 36.6 Å². The van der Waals surface area contributed by atoms with Crippen LogP contribution in [0, 0.1) is 5.82 Å². The summed E-state index contributed by atoms with van der Waals surface area (Å²) in [6.45, 7) is 10.9. The van der Waals surface area contributed by atoms with Gasteiger partial charge in [-0.05, 0) is 57.6 Å². The first-order valence-electron chi connectivity index (χ1n) is 7.79. The molecule has 4 heteroatoms. The van der Waals surface area contributed by atoms with E-state index in [9.17, 15) is 4.39 Å². The molecule has 2 atom stereocenters. The third-order valence-corrected chi connectivity index (χ3v) is 5.23. The van der Waals surface area contributed by atoms with Gasteiger partial charge in [0.15, 0.2) is 0 Å². The summed E-state index contributed by atoms with van der Waals surface area (Å²) in [6, 6.07) is 5.54. The third kappa shape index (κ3) is 4.27. The molecule has 2 unspecified atom stereocenters. The van der Waals surface area contributed by atoms with Crippen molar-refractivity contribution in [3.05, 3.63) is 34.1 Å². The number of nitrogens with one attached hydrogen (secondary N) is 1. The second kappa shape index (κ2) is 8.25. The summed E-state index contributed by atoms with van der Waals surface area (Å²) in [4.78, 5) is 2.46. The Balaban J connectivity index is 3.04. The van der Waals surface area contributed by atoms with E-state index in [1.54, 1.807) is 6.07 Å². The zero-order valence-corrected chi connectivity index (χ0v) is 15.4. The first-order chi connectivity index (χ1) is 9.92. The van der Waals surface area contributed by atoms with Gasteiger partial charge < -0.3 is 5.32 Å². The Morgan fingerprint density at radius 1 is 1.29 bits per heavy atom. The van der Waals surface area contributed by atoms with Gasteiger partial charge in [0, 0.05) is 16.1 Å². The minimum absolute atomic E-state index is 0.0117. The predicted molar refractivity (Wildman–Crippen MR) is 92.3 cm³/mol. The smallest absolute Gasteiger partial charge is 0.127 e. The fraction of sp³-hybridized carbons (Fsp3) is 0.647. The molecule has 120 valence electrons. The van der Waals surface area contributed by atoms with Crippen LogP contribution in [-0.2, 0) is 6.42 Å². The maximum atomic E-state index is 14.1. The number of hydrogen-bond donors (Lipinski definition) is 1. The molecule has 0 aliphatic heterocycles. The van der Waals surface area contributed by atoms with Gasteiger partial charge in [0.05, 0.1) is 0 Å². The summed E-state index contributed by atoms with van der Waals surface area (Å²) in [5.41, 5.74) is 0.780. The van der Waals surface area contributed by atoms with Crippen molar-refractivity contribution in [1.82, 2.24) is 10.2 Å². The highest BCUT2D eigenvalue weighted by atomic mass is 79.9. The van der Waals surface area contributed by atoms with E-state index in [-0.39, 0.29) is 17.4 Å². The van der Waals surface area contributed by atoms with Crippen LogP contribution in [0.25, 0.3) is 0 Å². The lowest BCUT2D eigenvalue weighted by Gasteiger charge is -2.46. The first-order valence-corrected chi connectivity index (χ1v) is 8.58. The molecular weight excluding hydrogens is 331 g/mol. The Kier molecular flexibility index (Phi) is 7.31. The van der Waals surface area contributed by atoms with E-state index in [2.05, 4.69) is 53.8 Å². The van der Waals surface area contributed by atoms with Gasteiger partial charge in [0.25, 0.3) is 0 Å². The predicted octanol–water partition coefficient (Wildman–Crippen LogP) is 4.23. The van der Waals surface area contributed by atoms with Crippen molar-refractivity contribution >= 4 is 15.9 Å². The molecule has 0 amide bonds. The largest absolute Gasteiger partial charge is 0.315 e. The minimum Gasteiger partial charge on any atom is -0.315 e. The van der Waals surface area contributed by atoms with E-state index in [4.69, 9.17) is 0 Å². The maximum absolute atomic E-state index is 14.1. The molecule has 0 aromatic heterocycles. The summed E-state index contributed by atoms with van der Waals surface area (Å²) in [5.74, 6) is -0.136. The van der Waals surface area contributed by atoms with Crippen LogP contribution in [0.2, 0.25) is 0 Å². The van der Waals surface area contributed by atoms with Crippen LogP contribution in [0.4, 0.5) is 4.39 Å². The summed E-state index contributed by atoms with van der Waals surface area (Å²) in [5, 5.41) is 3.41. The van der Waals surface area contributed by atoms with E-state index in [0.717, 1.165) is 29.5 Å². The van der Waals surface area contributed by atoms with E-state index in [0.29, 0.717) is 6.42 Å². The molecule has 0 saturated heterocycles. The molecule has 1 N–H and O–H groups in total. The molecule has 0 aliphatic carbocycles. The van der Waals surface area contributed by atoms with Gasteiger partial charge in [-0.15, -0.1) is 0 Å². The van der Waals surface area contributed by atoms with Crippen molar-refractivity contribution in [2.45, 2.75) is 52.1 Å². The summed E-state index contributed by atoms with van der Waals surface area (Å²) >= 11 is 3.31. The third-order valence-electron chi connectivity index (χ3n) is 4.74. The van der Waals surface area contributed by atoms with E-state index < -0.39 is 0 Å². The number of likely N-dealkylation sites (N-methyl/N-ethyl adjacent to an activating group) is 2. The van der Waals surface area contributed by atoms with Gasteiger partial charge in [-0.2, -0.15) is 0 Å². The van der Waals surface area contributed by atoms with Crippen molar-refractivity contribution < 1.29 is 4.39 Å². The van der Waals surface area contributed by atoms with Crippen molar-refractivity contribution in [1.29, 1.82) is 0 Å². The molecule has 0 bridgehead atoms. The Morgan fingerprint density at radius 3 is 2.33 bits per heavy atom. The molecule has 1 aromatic carbocycles. The monoisotopic (exact) mass is 358 g/mol. The molecule has 1 aromatic rings. The summed E-state index contributed by atoms with van der Waals surface area (Å²) < 4.78 is 14.9. The van der Waals surface area contributed by atoms with Gasteiger partial charge in [-0.25, -0.2) is 4.39 Å². The van der Waals surface area contributed by atoms with Crippen LogP contribution in [0.15, 0.2) is 22.7 Å². The second-order valence-corrected chi connectivity index (χ2v) is 6.58. The Labute approximate surface area is 137 Å². The average molecular weight is 359 g/mol. The molecule has 0 spiro atoms. The average Bonchev–Trinajstić information content (AvgIpc) is 2.47. The molecule has 0 radical (unpaired) electrons. The van der Waals surface area contributed by atoms with Crippen LogP contribution >= 0.6 is 15.9 Å². The summed E-state index contributed by atoms with van der Waals surface area (Å²) in [7, 11) is 1.97. The number of nitrogens with zero attached hydrogens (tertiary/aromatic N) is 1. The highest BCUT2D eigenvalue weighted by Crippen LogP contribution is 2.27. The zero-order valence-electron chi connectivity index (χ0n) is 13.8. The molecule has 21 heavy (non-hydrogen) atoms. The SMILES string of the molecule is CCN(CC)C(C)(CC)C(Cc1ccc(Br)cc1F)NC. The molecular formula is C17H28BrFN2. The molecule has 0 heterocycles. The minimum atomic E-state index is -0.136. The Bertz CT molecular complexity index is 448. The van der Waals surface area contributed by atoms with Crippen molar-refractivity contribution in [3.63, 3.8) is 0 Å². The van der Waals surface area contributed by atoms with Crippen molar-refractivity contribution in [2.24, 2.45) is 0 Å². The van der Waals surface area contributed by atoms with Crippen LogP contribution in [0.1, 0.15) is 39.7 Å². The number of rotatable bonds is 8. The van der Waals surface area contributed by atoms with Gasteiger partial charge in [-0.1, -0.05) is 42.8 Å². The number of benzene rings is 1. The lowest BCUT2D eigenvalue weighted by molar-refractivity contribution is 0.0727. The fourth-order valence-electron chi connectivity index (χ4n) is 3.18. The molecule has 0 saturated carbocycles. The molecule has 0 fully saturated rings. The molecule has 2 nitrogen and oxygen atoms in total. The molecule has 0 aliphatic rings. The van der Waals surface area contributed by atoms with Crippen LogP contribution < -0.4 is 5.32 Å². The Morgan fingerprint density at radius 2 is 1.90 bits per heavy atom. The van der Waals surface area contributed by atoms with E-state index in [1.165, 1.54) is 0 Å². The second-order valence-electron chi connectivity index (χ2n) is 5.66. The van der Waals surface area contributed by atoms with E-state index in [1.807, 2.05) is 19.2 Å².